The number of hydrogen-bond acceptors (Lipinski definition) is 24. The van der Waals surface area contributed by atoms with Crippen LogP contribution in [0.2, 0.25) is 0 Å². The van der Waals surface area contributed by atoms with Crippen molar-refractivity contribution in [1.82, 2.24) is 0 Å². The van der Waals surface area contributed by atoms with Crippen molar-refractivity contribution in [3.05, 3.63) is 0 Å². The minimum absolute atomic E-state index is 0.565. The van der Waals surface area contributed by atoms with E-state index in [4.69, 9.17) is 66.3 Å². The highest BCUT2D eigenvalue weighted by Crippen LogP contribution is 2.35. The van der Waals surface area contributed by atoms with Gasteiger partial charge in [-0.15, -0.1) is 0 Å². The first-order valence-corrected chi connectivity index (χ1v) is 18.1. The second-order valence-electron chi connectivity index (χ2n) is 13.3. The smallest absolute Gasteiger partial charge is 0.303 e. The molecule has 0 amide bonds. The lowest BCUT2D eigenvalue weighted by atomic mass is 9.96. The molecule has 24 heteroatoms. The minimum Gasteiger partial charge on any atom is -0.463 e. The molecule has 0 aromatic rings. The van der Waals surface area contributed by atoms with Crippen LogP contribution in [0.15, 0.2) is 0 Å². The van der Waals surface area contributed by atoms with Crippen molar-refractivity contribution in [2.75, 3.05) is 26.9 Å². The molecule has 15 atom stereocenters. The molecule has 0 unspecified atom stereocenters. The Bertz CT molecular complexity index is 1520. The first-order valence-electron chi connectivity index (χ1n) is 18.1. The van der Waals surface area contributed by atoms with Crippen LogP contribution in [0.4, 0.5) is 0 Å². The third-order valence-electron chi connectivity index (χ3n) is 8.49. The Kier molecular flexibility index (Phi) is 18.3. The van der Waals surface area contributed by atoms with Crippen molar-refractivity contribution >= 4 is 47.8 Å². The third kappa shape index (κ3) is 14.0. The Labute approximate surface area is 337 Å². The third-order valence-corrected chi connectivity index (χ3v) is 8.49. The Morgan fingerprint density at radius 3 is 1.15 bits per heavy atom. The van der Waals surface area contributed by atoms with Gasteiger partial charge in [0.25, 0.3) is 0 Å². The van der Waals surface area contributed by atoms with E-state index in [1.807, 2.05) is 0 Å². The van der Waals surface area contributed by atoms with Gasteiger partial charge in [-0.2, -0.15) is 0 Å². The number of rotatable bonds is 16. The van der Waals surface area contributed by atoms with E-state index in [0.717, 1.165) is 62.5 Å². The zero-order chi connectivity index (χ0) is 44.3. The fraction of sp³-hybridized carbons (Fsp3) is 0.771. The van der Waals surface area contributed by atoms with Gasteiger partial charge < -0.3 is 76.5 Å². The lowest BCUT2D eigenvalue weighted by Crippen LogP contribution is -2.66. The van der Waals surface area contributed by atoms with Gasteiger partial charge in [0, 0.05) is 62.5 Å². The summed E-state index contributed by atoms with van der Waals surface area (Å²) in [4.78, 5) is 96.8. The normalized spacial score (nSPS) is 34.3. The predicted octanol–water partition coefficient (Wildman–Crippen LogP) is -2.35. The quantitative estimate of drug-likeness (QED) is 0.121. The van der Waals surface area contributed by atoms with Gasteiger partial charge in [-0.25, -0.2) is 0 Å². The highest BCUT2D eigenvalue weighted by atomic mass is 16.8. The van der Waals surface area contributed by atoms with Crippen LogP contribution in [0.5, 0.6) is 0 Å². The fourth-order valence-electron chi connectivity index (χ4n) is 6.36. The van der Waals surface area contributed by atoms with Gasteiger partial charge in [0.15, 0.2) is 55.5 Å². The maximum atomic E-state index is 12.3. The van der Waals surface area contributed by atoms with Crippen molar-refractivity contribution in [2.24, 2.45) is 0 Å². The van der Waals surface area contributed by atoms with Gasteiger partial charge in [-0.1, -0.05) is 0 Å². The summed E-state index contributed by atoms with van der Waals surface area (Å²) in [6.45, 7) is 6.39. The summed E-state index contributed by atoms with van der Waals surface area (Å²) in [7, 11) is 1.13. The molecule has 334 valence electrons. The molecule has 3 aliphatic rings. The van der Waals surface area contributed by atoms with Gasteiger partial charge in [-0.05, 0) is 0 Å². The average molecular weight is 855 g/mol. The van der Waals surface area contributed by atoms with Crippen LogP contribution in [0.3, 0.4) is 0 Å². The second-order valence-corrected chi connectivity index (χ2v) is 13.3. The molecule has 3 saturated heterocycles. The predicted molar refractivity (Wildman–Crippen MR) is 182 cm³/mol. The number of carbonyl (C=O) groups excluding carboxylic acids is 8. The molecule has 0 spiro atoms. The van der Waals surface area contributed by atoms with Crippen molar-refractivity contribution in [1.29, 1.82) is 0 Å². The van der Waals surface area contributed by atoms with E-state index >= 15 is 0 Å². The van der Waals surface area contributed by atoms with Gasteiger partial charge >= 0.3 is 47.8 Å². The van der Waals surface area contributed by atoms with Crippen LogP contribution in [0.1, 0.15) is 55.4 Å². The lowest BCUT2D eigenvalue weighted by molar-refractivity contribution is -0.364. The van der Waals surface area contributed by atoms with Crippen LogP contribution in [-0.4, -0.2) is 177 Å². The molecule has 2 N–H and O–H groups in total. The number of aliphatic hydroxyl groups excluding tert-OH is 2. The molecular formula is C35H50O24. The molecular weight excluding hydrogens is 804 g/mol. The van der Waals surface area contributed by atoms with E-state index < -0.39 is 160 Å². The van der Waals surface area contributed by atoms with E-state index in [1.54, 1.807) is 0 Å². The van der Waals surface area contributed by atoms with Crippen LogP contribution >= 0.6 is 0 Å². The van der Waals surface area contributed by atoms with Gasteiger partial charge in [0.1, 0.15) is 49.8 Å². The topological polar surface area (TPSA) is 306 Å². The van der Waals surface area contributed by atoms with Crippen molar-refractivity contribution in [3.63, 3.8) is 0 Å². The first-order chi connectivity index (χ1) is 27.6. The molecule has 0 aromatic carbocycles. The van der Waals surface area contributed by atoms with Crippen LogP contribution < -0.4 is 0 Å². The van der Waals surface area contributed by atoms with Crippen molar-refractivity contribution < 1.29 is 115 Å². The molecule has 0 aromatic heterocycles. The summed E-state index contributed by atoms with van der Waals surface area (Å²) >= 11 is 0. The number of hydrogen-bond donors (Lipinski definition) is 2. The molecule has 3 fully saturated rings. The molecule has 3 aliphatic heterocycles. The van der Waals surface area contributed by atoms with E-state index in [2.05, 4.69) is 0 Å². The molecule has 24 nitrogen and oxygen atoms in total. The maximum absolute atomic E-state index is 12.3. The second kappa shape index (κ2) is 22.2. The fourth-order valence-corrected chi connectivity index (χ4v) is 6.36. The molecule has 0 saturated carbocycles. The first kappa shape index (κ1) is 48.8. The molecule has 0 aliphatic carbocycles. The summed E-state index contributed by atoms with van der Waals surface area (Å²) in [6, 6.07) is 0. The zero-order valence-electron chi connectivity index (χ0n) is 33.7. The average Bonchev–Trinajstić information content (AvgIpc) is 3.11. The Hall–Kier alpha value is -4.56. The summed E-state index contributed by atoms with van der Waals surface area (Å²) in [5.74, 6) is -7.00. The standard InChI is InChI=1S/C35H50O24/c1-13(36)47-11-22-26(50-15(3)38)29(52-17(5)40)31(54-19(7)42)34(57-22)49-10-21-24(44)28(25(45)33(46-9)56-21)59-35-32(55-20(8)43)30(53-18(6)41)27(51-16(4)39)23(58-35)12-48-14(2)37/h21-35,44-45H,10-12H2,1-9H3/t21-,22-,23-,24+,25-,26-,27-,28+,29+,30+,31-,32-,33+,34-,35+/m1/s1. The molecule has 59 heavy (non-hydrogen) atoms. The number of methoxy groups -OCH3 is 1. The minimum atomic E-state index is -1.91. The van der Waals surface area contributed by atoms with E-state index in [1.165, 1.54) is 0 Å². The van der Waals surface area contributed by atoms with Gasteiger partial charge in [0.05, 0.1) is 6.61 Å². The number of ether oxygens (including phenoxy) is 14. The lowest BCUT2D eigenvalue weighted by Gasteiger charge is -2.48. The number of aliphatic hydroxyl groups is 2. The van der Waals surface area contributed by atoms with Crippen LogP contribution in [0, 0.1) is 0 Å². The van der Waals surface area contributed by atoms with E-state index in [9.17, 15) is 48.6 Å². The molecule has 0 radical (unpaired) electrons. The van der Waals surface area contributed by atoms with E-state index in [0.29, 0.717) is 0 Å². The Morgan fingerprint density at radius 1 is 0.407 bits per heavy atom. The summed E-state index contributed by atoms with van der Waals surface area (Å²) in [6.07, 6.45) is -24.7. The SMILES string of the molecule is CO[C@H]1O[C@H](CO[C@@H]2O[C@H](COC(C)=O)[C@@H](OC(C)=O)[C@H](OC(C)=O)[C@H]2OC(C)=O)[C@H](O)[C@H](O[C@@H]2O[C@H](COC(C)=O)[C@@H](OC(C)=O)[C@H](OC(C)=O)[C@H]2OC(C)=O)[C@H]1O. The Morgan fingerprint density at radius 2 is 0.763 bits per heavy atom. The molecule has 3 rings (SSSR count). The molecule has 0 bridgehead atoms. The summed E-state index contributed by atoms with van der Waals surface area (Å²) < 4.78 is 77.3. The summed E-state index contributed by atoms with van der Waals surface area (Å²) in [5.41, 5.74) is 0. The maximum Gasteiger partial charge on any atom is 0.303 e. The highest BCUT2D eigenvalue weighted by molar-refractivity contribution is 5.70. The van der Waals surface area contributed by atoms with Gasteiger partial charge in [0.2, 0.25) is 0 Å². The van der Waals surface area contributed by atoms with Crippen molar-refractivity contribution in [2.45, 2.75) is 148 Å². The van der Waals surface area contributed by atoms with Crippen LogP contribution in [0.25, 0.3) is 0 Å². The monoisotopic (exact) mass is 854 g/mol. The van der Waals surface area contributed by atoms with Crippen molar-refractivity contribution in [3.8, 4) is 0 Å². The van der Waals surface area contributed by atoms with Crippen LogP contribution in [-0.2, 0) is 105 Å². The molecule has 3 heterocycles. The van der Waals surface area contributed by atoms with E-state index in [-0.39, 0.29) is 0 Å². The number of carbonyl (C=O) groups is 8. The van der Waals surface area contributed by atoms with Gasteiger partial charge in [-0.3, -0.25) is 38.4 Å². The highest BCUT2D eigenvalue weighted by Gasteiger charge is 2.57. The zero-order valence-corrected chi connectivity index (χ0v) is 33.7. The summed E-state index contributed by atoms with van der Waals surface area (Å²) in [5, 5.41) is 22.9. The largest absolute Gasteiger partial charge is 0.463 e. The Balaban J connectivity index is 2.00. The number of esters is 8.